The zero-order chi connectivity index (χ0) is 17.8. The Morgan fingerprint density at radius 3 is 2.56 bits per heavy atom. The molecule has 2 aromatic rings. The monoisotopic (exact) mass is 401 g/mol. The molecule has 0 aromatic heterocycles. The second-order valence-electron chi connectivity index (χ2n) is 5.72. The Morgan fingerprint density at radius 1 is 1.08 bits per heavy atom. The van der Waals surface area contributed by atoms with Gasteiger partial charge in [0.2, 0.25) is 5.91 Å². The standard InChI is InChI=1S/C19H16BrNO4/c20-15-7-5-13(6-8-15)12-25-18(23)9-10-21-17(22)11-14-3-1-2-4-16(14)19(21)24/h1-8H,9-12H2. The van der Waals surface area contributed by atoms with Crippen LogP contribution in [0.15, 0.2) is 53.0 Å². The molecule has 0 unspecified atom stereocenters. The van der Waals surface area contributed by atoms with E-state index in [2.05, 4.69) is 15.9 Å². The molecule has 0 atom stereocenters. The number of carbonyl (C=O) groups is 3. The molecule has 0 aliphatic carbocycles. The number of hydrogen-bond acceptors (Lipinski definition) is 4. The van der Waals surface area contributed by atoms with Crippen LogP contribution >= 0.6 is 15.9 Å². The molecule has 2 amide bonds. The molecule has 2 aromatic carbocycles. The number of carbonyl (C=O) groups excluding carboxylic acids is 3. The molecule has 3 rings (SSSR count). The van der Waals surface area contributed by atoms with Gasteiger partial charge in [-0.2, -0.15) is 0 Å². The van der Waals surface area contributed by atoms with Crippen molar-refractivity contribution in [3.63, 3.8) is 0 Å². The third-order valence-electron chi connectivity index (χ3n) is 3.99. The molecule has 0 radical (unpaired) electrons. The highest BCUT2D eigenvalue weighted by Crippen LogP contribution is 2.20. The fourth-order valence-electron chi connectivity index (χ4n) is 2.65. The van der Waals surface area contributed by atoms with E-state index in [4.69, 9.17) is 4.74 Å². The quantitative estimate of drug-likeness (QED) is 0.570. The summed E-state index contributed by atoms with van der Waals surface area (Å²) in [7, 11) is 0. The van der Waals surface area contributed by atoms with Gasteiger partial charge in [0.15, 0.2) is 0 Å². The van der Waals surface area contributed by atoms with Gasteiger partial charge in [0.05, 0.1) is 12.8 Å². The maximum atomic E-state index is 12.4. The summed E-state index contributed by atoms with van der Waals surface area (Å²) in [5, 5.41) is 0. The summed E-state index contributed by atoms with van der Waals surface area (Å²) in [5.41, 5.74) is 2.12. The normalized spacial score (nSPS) is 13.6. The van der Waals surface area contributed by atoms with Crippen LogP contribution in [-0.2, 0) is 27.4 Å². The van der Waals surface area contributed by atoms with E-state index in [9.17, 15) is 14.4 Å². The highest BCUT2D eigenvalue weighted by atomic mass is 79.9. The van der Waals surface area contributed by atoms with Gasteiger partial charge < -0.3 is 4.74 Å². The lowest BCUT2D eigenvalue weighted by molar-refractivity contribution is -0.145. The predicted molar refractivity (Wildman–Crippen MR) is 94.7 cm³/mol. The average molecular weight is 402 g/mol. The lowest BCUT2D eigenvalue weighted by Crippen LogP contribution is -2.43. The summed E-state index contributed by atoms with van der Waals surface area (Å²) in [6.07, 6.45) is 0.159. The summed E-state index contributed by atoms with van der Waals surface area (Å²) in [5.74, 6) is -1.08. The van der Waals surface area contributed by atoms with E-state index < -0.39 is 5.97 Å². The van der Waals surface area contributed by atoms with Crippen molar-refractivity contribution in [3.8, 4) is 0 Å². The lowest BCUT2D eigenvalue weighted by Gasteiger charge is -2.26. The number of halogens is 1. The fraction of sp³-hybridized carbons (Fsp3) is 0.211. The minimum atomic E-state index is -0.442. The summed E-state index contributed by atoms with van der Waals surface area (Å²) in [6.45, 7) is 0.196. The Bertz CT molecular complexity index is 816. The highest BCUT2D eigenvalue weighted by molar-refractivity contribution is 9.10. The van der Waals surface area contributed by atoms with Crippen LogP contribution in [0.25, 0.3) is 0 Å². The van der Waals surface area contributed by atoms with Crippen LogP contribution in [0.2, 0.25) is 0 Å². The first-order chi connectivity index (χ1) is 12.0. The van der Waals surface area contributed by atoms with Crippen molar-refractivity contribution in [1.82, 2.24) is 4.90 Å². The average Bonchev–Trinajstić information content (AvgIpc) is 2.61. The van der Waals surface area contributed by atoms with Gasteiger partial charge in [0.25, 0.3) is 5.91 Å². The minimum absolute atomic E-state index is 0.0177. The summed E-state index contributed by atoms with van der Waals surface area (Å²) < 4.78 is 6.14. The lowest BCUT2D eigenvalue weighted by atomic mass is 9.98. The van der Waals surface area contributed by atoms with Crippen molar-refractivity contribution in [2.75, 3.05) is 6.54 Å². The number of fused-ring (bicyclic) bond motifs is 1. The van der Waals surface area contributed by atoms with Crippen LogP contribution in [0.5, 0.6) is 0 Å². The van der Waals surface area contributed by atoms with Crippen LogP contribution in [0, 0.1) is 0 Å². The Kier molecular flexibility index (Phi) is 5.28. The first-order valence-electron chi connectivity index (χ1n) is 7.87. The van der Waals surface area contributed by atoms with E-state index in [1.165, 1.54) is 0 Å². The van der Waals surface area contributed by atoms with Crippen molar-refractivity contribution >= 4 is 33.7 Å². The molecule has 0 saturated heterocycles. The van der Waals surface area contributed by atoms with E-state index in [0.29, 0.717) is 5.56 Å². The molecule has 0 fully saturated rings. The van der Waals surface area contributed by atoms with Crippen LogP contribution < -0.4 is 0 Å². The zero-order valence-corrected chi connectivity index (χ0v) is 15.0. The Balaban J connectivity index is 1.54. The van der Waals surface area contributed by atoms with Gasteiger partial charge in [-0.25, -0.2) is 0 Å². The predicted octanol–water partition coefficient (Wildman–Crippen LogP) is 3.11. The molecule has 1 heterocycles. The first-order valence-corrected chi connectivity index (χ1v) is 8.66. The van der Waals surface area contributed by atoms with Crippen molar-refractivity contribution in [1.29, 1.82) is 0 Å². The zero-order valence-electron chi connectivity index (χ0n) is 13.4. The maximum Gasteiger partial charge on any atom is 0.307 e. The van der Waals surface area contributed by atoms with Gasteiger partial charge in [-0.05, 0) is 29.3 Å². The number of amides is 2. The number of esters is 1. The topological polar surface area (TPSA) is 63.7 Å². The van der Waals surface area contributed by atoms with E-state index in [1.807, 2.05) is 24.3 Å². The smallest absolute Gasteiger partial charge is 0.307 e. The largest absolute Gasteiger partial charge is 0.461 e. The van der Waals surface area contributed by atoms with Gasteiger partial charge in [-0.1, -0.05) is 46.3 Å². The van der Waals surface area contributed by atoms with Crippen LogP contribution in [-0.4, -0.2) is 29.2 Å². The molecule has 6 heteroatoms. The van der Waals surface area contributed by atoms with Gasteiger partial charge in [0, 0.05) is 16.6 Å². The molecule has 1 aliphatic rings. The second kappa shape index (κ2) is 7.61. The van der Waals surface area contributed by atoms with E-state index >= 15 is 0 Å². The van der Waals surface area contributed by atoms with Crippen molar-refractivity contribution < 1.29 is 19.1 Å². The molecular formula is C19H16BrNO4. The molecule has 0 spiro atoms. The Morgan fingerprint density at radius 2 is 1.80 bits per heavy atom. The van der Waals surface area contributed by atoms with Gasteiger partial charge in [0.1, 0.15) is 6.61 Å². The van der Waals surface area contributed by atoms with Crippen LogP contribution in [0.3, 0.4) is 0 Å². The van der Waals surface area contributed by atoms with Crippen LogP contribution in [0.1, 0.15) is 27.9 Å². The van der Waals surface area contributed by atoms with Gasteiger partial charge in [-0.3, -0.25) is 19.3 Å². The molecule has 1 aliphatic heterocycles. The number of hydrogen-bond donors (Lipinski definition) is 0. The van der Waals surface area contributed by atoms with Gasteiger partial charge in [-0.15, -0.1) is 0 Å². The fourth-order valence-corrected chi connectivity index (χ4v) is 2.91. The minimum Gasteiger partial charge on any atom is -0.461 e. The maximum absolute atomic E-state index is 12.4. The molecule has 25 heavy (non-hydrogen) atoms. The summed E-state index contributed by atoms with van der Waals surface area (Å²) >= 11 is 3.34. The third kappa shape index (κ3) is 4.14. The van der Waals surface area contributed by atoms with E-state index in [0.717, 1.165) is 20.5 Å². The van der Waals surface area contributed by atoms with E-state index in [1.54, 1.807) is 24.3 Å². The number of imide groups is 1. The Labute approximate surface area is 153 Å². The summed E-state index contributed by atoms with van der Waals surface area (Å²) in [6, 6.07) is 14.5. The number of nitrogens with zero attached hydrogens (tertiary/aromatic N) is 1. The number of ether oxygens (including phenoxy) is 1. The van der Waals surface area contributed by atoms with Crippen molar-refractivity contribution in [2.24, 2.45) is 0 Å². The van der Waals surface area contributed by atoms with Crippen LogP contribution in [0.4, 0.5) is 0 Å². The van der Waals surface area contributed by atoms with Gasteiger partial charge >= 0.3 is 5.97 Å². The molecular weight excluding hydrogens is 386 g/mol. The number of benzene rings is 2. The van der Waals surface area contributed by atoms with E-state index in [-0.39, 0.29) is 37.8 Å². The first kappa shape index (κ1) is 17.4. The molecule has 0 bridgehead atoms. The molecule has 5 nitrogen and oxygen atoms in total. The molecule has 0 N–H and O–H groups in total. The SMILES string of the molecule is O=C(CCN1C(=O)Cc2ccccc2C1=O)OCc1ccc(Br)cc1. The summed E-state index contributed by atoms with van der Waals surface area (Å²) in [4.78, 5) is 37.6. The van der Waals surface area contributed by atoms with Crippen molar-refractivity contribution in [3.05, 3.63) is 69.7 Å². The molecule has 128 valence electrons. The second-order valence-corrected chi connectivity index (χ2v) is 6.64. The third-order valence-corrected chi connectivity index (χ3v) is 4.52. The molecule has 0 saturated carbocycles. The highest BCUT2D eigenvalue weighted by Gasteiger charge is 2.30. The Hall–Kier alpha value is -2.47. The number of rotatable bonds is 5. The van der Waals surface area contributed by atoms with Crippen molar-refractivity contribution in [2.45, 2.75) is 19.4 Å².